The Labute approximate surface area is 116 Å². The average Bonchev–Trinajstić information content (AvgIpc) is 2.85. The molecule has 10 heteroatoms. The van der Waals surface area contributed by atoms with E-state index in [1.807, 2.05) is 0 Å². The molecule has 0 amide bonds. The maximum Gasteiger partial charge on any atom is 0.284 e. The van der Waals surface area contributed by atoms with Gasteiger partial charge in [0.1, 0.15) is 4.21 Å². The first-order chi connectivity index (χ1) is 8.79. The first-order valence-corrected chi connectivity index (χ1v) is 7.62. The lowest BCUT2D eigenvalue weighted by Crippen LogP contribution is -2.12. The van der Waals surface area contributed by atoms with Crippen LogP contribution in [0.15, 0.2) is 21.9 Å². The summed E-state index contributed by atoms with van der Waals surface area (Å²) in [5, 5.41) is 5.22. The fourth-order valence-electron chi connectivity index (χ4n) is 1.38. The molecule has 0 aromatic carbocycles. The highest BCUT2D eigenvalue weighted by molar-refractivity contribution is 7.94. The maximum absolute atomic E-state index is 12.7. The highest BCUT2D eigenvalue weighted by Crippen LogP contribution is 2.29. The standard InChI is InChI=1S/C9H8ClF2N3O2S2/c1-15-3-6(8(13-15)9(11)12)14-19(16,17)7-2-5(10)4-18-7/h2-4,9,14H,1H3. The van der Waals surface area contributed by atoms with Crippen LogP contribution in [-0.4, -0.2) is 18.2 Å². The van der Waals surface area contributed by atoms with E-state index in [2.05, 4.69) is 9.82 Å². The van der Waals surface area contributed by atoms with Gasteiger partial charge in [0.15, 0.2) is 5.69 Å². The molecule has 0 atom stereocenters. The van der Waals surface area contributed by atoms with Crippen molar-refractivity contribution >= 4 is 38.6 Å². The highest BCUT2D eigenvalue weighted by atomic mass is 35.5. The number of alkyl halides is 2. The number of halogens is 3. The normalized spacial score (nSPS) is 12.1. The number of nitrogens with one attached hydrogen (secondary N) is 1. The first kappa shape index (κ1) is 14.2. The summed E-state index contributed by atoms with van der Waals surface area (Å²) in [5.74, 6) is 0. The summed E-state index contributed by atoms with van der Waals surface area (Å²) >= 11 is 6.54. The molecule has 0 saturated carbocycles. The molecule has 0 radical (unpaired) electrons. The Morgan fingerprint density at radius 2 is 2.21 bits per heavy atom. The van der Waals surface area contributed by atoms with Crippen LogP contribution >= 0.6 is 22.9 Å². The molecule has 2 rings (SSSR count). The summed E-state index contributed by atoms with van der Waals surface area (Å²) in [4.78, 5) is 0. The first-order valence-electron chi connectivity index (χ1n) is 4.88. The molecule has 0 fully saturated rings. The number of thiophene rings is 1. The minimum atomic E-state index is -3.94. The molecule has 0 saturated heterocycles. The van der Waals surface area contributed by atoms with Crippen LogP contribution in [0.2, 0.25) is 5.02 Å². The molecule has 104 valence electrons. The topological polar surface area (TPSA) is 64.0 Å². The minimum Gasteiger partial charge on any atom is -0.275 e. The second kappa shape index (κ2) is 5.06. The number of aryl methyl sites for hydroxylation is 1. The molecule has 0 bridgehead atoms. The molecular formula is C9H8ClF2N3O2S2. The maximum atomic E-state index is 12.7. The summed E-state index contributed by atoms with van der Waals surface area (Å²) < 4.78 is 52.4. The number of anilines is 1. The third-order valence-corrected chi connectivity index (χ3v) is 5.27. The van der Waals surface area contributed by atoms with Crippen molar-refractivity contribution in [2.45, 2.75) is 10.6 Å². The Balaban J connectivity index is 2.35. The Bertz CT molecular complexity index is 696. The van der Waals surface area contributed by atoms with Gasteiger partial charge in [-0.05, 0) is 6.07 Å². The molecule has 1 N–H and O–H groups in total. The van der Waals surface area contributed by atoms with Crippen molar-refractivity contribution in [3.8, 4) is 0 Å². The summed E-state index contributed by atoms with van der Waals surface area (Å²) in [6.45, 7) is 0. The van der Waals surface area contributed by atoms with Gasteiger partial charge in [0.2, 0.25) is 0 Å². The van der Waals surface area contributed by atoms with Gasteiger partial charge in [0, 0.05) is 18.6 Å². The lowest BCUT2D eigenvalue weighted by Gasteiger charge is -2.05. The third-order valence-electron chi connectivity index (χ3n) is 2.12. The van der Waals surface area contributed by atoms with Crippen LogP contribution in [0, 0.1) is 0 Å². The van der Waals surface area contributed by atoms with Gasteiger partial charge < -0.3 is 0 Å². The molecule has 19 heavy (non-hydrogen) atoms. The molecule has 0 aliphatic heterocycles. The second-order valence-electron chi connectivity index (χ2n) is 3.59. The predicted molar refractivity (Wildman–Crippen MR) is 68.3 cm³/mol. The van der Waals surface area contributed by atoms with Crippen molar-refractivity contribution in [3.63, 3.8) is 0 Å². The zero-order chi connectivity index (χ0) is 14.2. The van der Waals surface area contributed by atoms with Gasteiger partial charge >= 0.3 is 0 Å². The van der Waals surface area contributed by atoms with Gasteiger partial charge in [-0.25, -0.2) is 17.2 Å². The number of rotatable bonds is 4. The summed E-state index contributed by atoms with van der Waals surface area (Å²) in [6, 6.07) is 1.24. The van der Waals surface area contributed by atoms with E-state index in [9.17, 15) is 17.2 Å². The minimum absolute atomic E-state index is 0.0541. The van der Waals surface area contributed by atoms with Crippen LogP contribution in [0.4, 0.5) is 14.5 Å². The van der Waals surface area contributed by atoms with Gasteiger partial charge in [-0.2, -0.15) is 5.10 Å². The molecule has 5 nitrogen and oxygen atoms in total. The van der Waals surface area contributed by atoms with Crippen molar-refractivity contribution < 1.29 is 17.2 Å². The van der Waals surface area contributed by atoms with Crippen LogP contribution in [0.3, 0.4) is 0 Å². The Kier molecular flexibility index (Phi) is 3.79. The Morgan fingerprint density at radius 3 is 2.74 bits per heavy atom. The quantitative estimate of drug-likeness (QED) is 0.939. The Hall–Kier alpha value is -1.19. The van der Waals surface area contributed by atoms with E-state index < -0.39 is 22.1 Å². The molecule has 2 aromatic heterocycles. The SMILES string of the molecule is Cn1cc(NS(=O)(=O)c2cc(Cl)cs2)c(C(F)F)n1. The number of nitrogens with zero attached hydrogens (tertiary/aromatic N) is 2. The largest absolute Gasteiger partial charge is 0.284 e. The van der Waals surface area contributed by atoms with E-state index in [-0.39, 0.29) is 14.9 Å². The van der Waals surface area contributed by atoms with Crippen LogP contribution in [0.1, 0.15) is 12.1 Å². The van der Waals surface area contributed by atoms with Gasteiger partial charge in [-0.3, -0.25) is 9.40 Å². The molecule has 2 heterocycles. The molecule has 0 unspecified atom stereocenters. The van der Waals surface area contributed by atoms with Crippen LogP contribution < -0.4 is 4.72 Å². The molecule has 2 aromatic rings. The lowest BCUT2D eigenvalue weighted by atomic mass is 10.4. The van der Waals surface area contributed by atoms with Gasteiger partial charge in [0.25, 0.3) is 16.4 Å². The van der Waals surface area contributed by atoms with E-state index in [0.717, 1.165) is 16.0 Å². The zero-order valence-corrected chi connectivity index (χ0v) is 11.9. The van der Waals surface area contributed by atoms with E-state index in [4.69, 9.17) is 11.6 Å². The highest BCUT2D eigenvalue weighted by Gasteiger charge is 2.23. The van der Waals surface area contributed by atoms with Crippen molar-refractivity contribution in [2.75, 3.05) is 4.72 Å². The number of hydrogen-bond donors (Lipinski definition) is 1. The fraction of sp³-hybridized carbons (Fsp3) is 0.222. The van der Waals surface area contributed by atoms with Crippen molar-refractivity contribution in [3.05, 3.63) is 28.4 Å². The van der Waals surface area contributed by atoms with E-state index >= 15 is 0 Å². The second-order valence-corrected chi connectivity index (χ2v) is 6.85. The Morgan fingerprint density at radius 1 is 1.53 bits per heavy atom. The third kappa shape index (κ3) is 3.04. The number of hydrogen-bond acceptors (Lipinski definition) is 4. The van der Waals surface area contributed by atoms with E-state index in [0.29, 0.717) is 0 Å². The molecule has 0 spiro atoms. The van der Waals surface area contributed by atoms with Crippen molar-refractivity contribution in [1.29, 1.82) is 0 Å². The predicted octanol–water partition coefficient (Wildman–Crippen LogP) is 2.87. The smallest absolute Gasteiger partial charge is 0.275 e. The van der Waals surface area contributed by atoms with Gasteiger partial charge in [-0.15, -0.1) is 11.3 Å². The van der Waals surface area contributed by atoms with Crippen LogP contribution in [0.25, 0.3) is 0 Å². The van der Waals surface area contributed by atoms with Gasteiger partial charge in [-0.1, -0.05) is 11.6 Å². The van der Waals surface area contributed by atoms with Crippen LogP contribution in [-0.2, 0) is 17.1 Å². The monoisotopic (exact) mass is 327 g/mol. The number of aromatic nitrogens is 2. The molecule has 0 aliphatic carbocycles. The average molecular weight is 328 g/mol. The van der Waals surface area contributed by atoms with Crippen molar-refractivity contribution in [2.24, 2.45) is 7.05 Å². The van der Waals surface area contributed by atoms with Gasteiger partial charge in [0.05, 0.1) is 10.7 Å². The van der Waals surface area contributed by atoms with Crippen molar-refractivity contribution in [1.82, 2.24) is 9.78 Å². The van der Waals surface area contributed by atoms with E-state index in [1.54, 1.807) is 0 Å². The summed E-state index contributed by atoms with van der Waals surface area (Å²) in [7, 11) is -2.52. The van der Waals surface area contributed by atoms with E-state index in [1.165, 1.54) is 24.7 Å². The van der Waals surface area contributed by atoms with Crippen LogP contribution in [0.5, 0.6) is 0 Å². The number of sulfonamides is 1. The summed E-state index contributed by atoms with van der Waals surface area (Å²) in [5.41, 5.74) is -0.865. The molecule has 0 aliphatic rings. The fourth-order valence-corrected chi connectivity index (χ4v) is 3.85. The molecular weight excluding hydrogens is 320 g/mol. The summed E-state index contributed by atoms with van der Waals surface area (Å²) in [6.07, 6.45) is -1.69. The lowest BCUT2D eigenvalue weighted by molar-refractivity contribution is 0.146. The zero-order valence-electron chi connectivity index (χ0n) is 9.47.